The summed E-state index contributed by atoms with van der Waals surface area (Å²) in [5, 5.41) is 1.09. The first kappa shape index (κ1) is 11.9. The van der Waals surface area contributed by atoms with E-state index in [1.54, 1.807) is 0 Å². The number of pyridine rings is 1. The van der Waals surface area contributed by atoms with Gasteiger partial charge >= 0.3 is 0 Å². The minimum absolute atomic E-state index is 0.00457. The molecular formula is C14H18N2O. The molecule has 17 heavy (non-hydrogen) atoms. The zero-order valence-corrected chi connectivity index (χ0v) is 10.5. The van der Waals surface area contributed by atoms with Gasteiger partial charge in [0.05, 0.1) is 0 Å². The molecular weight excluding hydrogens is 212 g/mol. The number of hydrogen-bond donors (Lipinski definition) is 1. The molecule has 90 valence electrons. The van der Waals surface area contributed by atoms with Gasteiger partial charge in [-0.1, -0.05) is 18.2 Å². The van der Waals surface area contributed by atoms with Crippen LogP contribution in [0.3, 0.4) is 0 Å². The number of para-hydroxylation sites is 1. The van der Waals surface area contributed by atoms with E-state index in [-0.39, 0.29) is 12.1 Å². The van der Waals surface area contributed by atoms with Crippen LogP contribution in [0.5, 0.6) is 5.75 Å². The molecule has 1 heterocycles. The van der Waals surface area contributed by atoms with Crippen LogP contribution in [0.15, 0.2) is 30.3 Å². The fraction of sp³-hybridized carbons (Fsp3) is 0.357. The van der Waals surface area contributed by atoms with Gasteiger partial charge in [0.25, 0.3) is 0 Å². The van der Waals surface area contributed by atoms with E-state index in [2.05, 4.69) is 11.1 Å². The lowest BCUT2D eigenvalue weighted by Gasteiger charge is -2.18. The third-order valence-electron chi connectivity index (χ3n) is 2.88. The number of ether oxygens (including phenoxy) is 1. The Hall–Kier alpha value is -1.61. The SMILES string of the molecule is Cc1ccc2cccc(OC(C)C(C)N)c2n1. The van der Waals surface area contributed by atoms with Gasteiger partial charge < -0.3 is 10.5 Å². The van der Waals surface area contributed by atoms with Crippen LogP contribution in [0, 0.1) is 6.92 Å². The number of aromatic nitrogens is 1. The van der Waals surface area contributed by atoms with Crippen molar-refractivity contribution in [2.75, 3.05) is 0 Å². The maximum atomic E-state index is 5.86. The quantitative estimate of drug-likeness (QED) is 0.881. The molecule has 0 aliphatic heterocycles. The molecule has 0 spiro atoms. The summed E-state index contributed by atoms with van der Waals surface area (Å²) in [6.07, 6.45) is -0.0251. The number of fused-ring (bicyclic) bond motifs is 1. The molecule has 2 atom stereocenters. The number of aryl methyl sites for hydroxylation is 1. The molecule has 1 aromatic carbocycles. The Labute approximate surface area is 102 Å². The van der Waals surface area contributed by atoms with Crippen molar-refractivity contribution in [1.29, 1.82) is 0 Å². The average Bonchev–Trinajstić information content (AvgIpc) is 2.29. The molecule has 2 rings (SSSR count). The first-order chi connectivity index (χ1) is 8.08. The predicted octanol–water partition coefficient (Wildman–Crippen LogP) is 2.66. The predicted molar refractivity (Wildman–Crippen MR) is 70.2 cm³/mol. The van der Waals surface area contributed by atoms with Crippen LogP contribution >= 0.6 is 0 Å². The van der Waals surface area contributed by atoms with E-state index in [1.165, 1.54) is 0 Å². The van der Waals surface area contributed by atoms with Crippen molar-refractivity contribution in [3.8, 4) is 5.75 Å². The average molecular weight is 230 g/mol. The number of nitrogens with zero attached hydrogens (tertiary/aromatic N) is 1. The normalized spacial score (nSPS) is 14.6. The minimum atomic E-state index is -0.0251. The highest BCUT2D eigenvalue weighted by molar-refractivity contribution is 5.84. The van der Waals surface area contributed by atoms with Crippen LogP contribution in [0.25, 0.3) is 10.9 Å². The van der Waals surface area contributed by atoms with Gasteiger partial charge in [-0.3, -0.25) is 0 Å². The van der Waals surface area contributed by atoms with Gasteiger partial charge in [0.2, 0.25) is 0 Å². The molecule has 0 bridgehead atoms. The Kier molecular flexibility index (Phi) is 3.29. The standard InChI is InChI=1S/C14H18N2O/c1-9-7-8-12-5-4-6-13(14(12)16-9)17-11(3)10(2)15/h4-8,10-11H,15H2,1-3H3. The largest absolute Gasteiger partial charge is 0.487 e. The molecule has 0 saturated heterocycles. The van der Waals surface area contributed by atoms with E-state index in [0.717, 1.165) is 22.3 Å². The van der Waals surface area contributed by atoms with Crippen molar-refractivity contribution in [3.05, 3.63) is 36.0 Å². The third kappa shape index (κ3) is 2.56. The van der Waals surface area contributed by atoms with Crippen LogP contribution < -0.4 is 10.5 Å². The van der Waals surface area contributed by atoms with Crippen LogP contribution in [0.2, 0.25) is 0 Å². The van der Waals surface area contributed by atoms with Crippen LogP contribution in [0.4, 0.5) is 0 Å². The number of hydrogen-bond acceptors (Lipinski definition) is 3. The number of benzene rings is 1. The van der Waals surface area contributed by atoms with E-state index < -0.39 is 0 Å². The molecule has 0 fully saturated rings. The van der Waals surface area contributed by atoms with Crippen LogP contribution in [-0.4, -0.2) is 17.1 Å². The lowest BCUT2D eigenvalue weighted by molar-refractivity contribution is 0.199. The van der Waals surface area contributed by atoms with E-state index >= 15 is 0 Å². The molecule has 2 unspecified atom stereocenters. The maximum absolute atomic E-state index is 5.86. The second-order valence-corrected chi connectivity index (χ2v) is 4.46. The smallest absolute Gasteiger partial charge is 0.146 e. The summed E-state index contributed by atoms with van der Waals surface area (Å²) in [5.74, 6) is 0.802. The molecule has 3 nitrogen and oxygen atoms in total. The topological polar surface area (TPSA) is 48.1 Å². The summed E-state index contributed by atoms with van der Waals surface area (Å²) in [7, 11) is 0. The van der Waals surface area contributed by atoms with Crippen molar-refractivity contribution in [1.82, 2.24) is 4.98 Å². The number of rotatable bonds is 3. The molecule has 0 radical (unpaired) electrons. The lowest BCUT2D eigenvalue weighted by atomic mass is 10.2. The molecule has 3 heteroatoms. The van der Waals surface area contributed by atoms with Gasteiger partial charge in [-0.05, 0) is 32.9 Å². The summed E-state index contributed by atoms with van der Waals surface area (Å²) in [6, 6.07) is 10.00. The summed E-state index contributed by atoms with van der Waals surface area (Å²) in [4.78, 5) is 4.52. The Bertz CT molecular complexity index is 523. The first-order valence-corrected chi connectivity index (χ1v) is 5.86. The Morgan fingerprint density at radius 3 is 2.65 bits per heavy atom. The molecule has 0 aliphatic rings. The minimum Gasteiger partial charge on any atom is -0.487 e. The molecule has 2 N–H and O–H groups in total. The van der Waals surface area contributed by atoms with Crippen molar-refractivity contribution in [3.63, 3.8) is 0 Å². The first-order valence-electron chi connectivity index (χ1n) is 5.86. The van der Waals surface area contributed by atoms with E-state index in [0.29, 0.717) is 0 Å². The molecule has 2 aromatic rings. The van der Waals surface area contributed by atoms with Crippen molar-refractivity contribution in [2.24, 2.45) is 5.73 Å². The molecule has 0 aliphatic carbocycles. The highest BCUT2D eigenvalue weighted by atomic mass is 16.5. The van der Waals surface area contributed by atoms with Crippen molar-refractivity contribution < 1.29 is 4.74 Å². The summed E-state index contributed by atoms with van der Waals surface area (Å²) >= 11 is 0. The summed E-state index contributed by atoms with van der Waals surface area (Å²) < 4.78 is 5.86. The van der Waals surface area contributed by atoms with Gasteiger partial charge in [0, 0.05) is 17.1 Å². The second kappa shape index (κ2) is 4.72. The molecule has 1 aromatic heterocycles. The highest BCUT2D eigenvalue weighted by Gasteiger charge is 2.11. The van der Waals surface area contributed by atoms with Gasteiger partial charge in [-0.2, -0.15) is 0 Å². The van der Waals surface area contributed by atoms with Gasteiger partial charge in [0.1, 0.15) is 17.4 Å². The highest BCUT2D eigenvalue weighted by Crippen LogP contribution is 2.25. The van der Waals surface area contributed by atoms with Crippen molar-refractivity contribution in [2.45, 2.75) is 32.9 Å². The van der Waals surface area contributed by atoms with E-state index in [9.17, 15) is 0 Å². The summed E-state index contributed by atoms with van der Waals surface area (Å²) in [6.45, 7) is 5.89. The third-order valence-corrected chi connectivity index (χ3v) is 2.88. The Morgan fingerprint density at radius 1 is 1.18 bits per heavy atom. The number of nitrogens with two attached hydrogens (primary N) is 1. The van der Waals surface area contributed by atoms with Crippen LogP contribution in [0.1, 0.15) is 19.5 Å². The summed E-state index contributed by atoms with van der Waals surface area (Å²) in [5.41, 5.74) is 7.70. The van der Waals surface area contributed by atoms with E-state index in [1.807, 2.05) is 45.0 Å². The lowest BCUT2D eigenvalue weighted by Crippen LogP contribution is -2.33. The fourth-order valence-electron chi connectivity index (χ4n) is 1.62. The van der Waals surface area contributed by atoms with E-state index in [4.69, 9.17) is 10.5 Å². The molecule has 0 amide bonds. The Balaban J connectivity index is 2.43. The second-order valence-electron chi connectivity index (χ2n) is 4.46. The molecule has 0 saturated carbocycles. The fourth-order valence-corrected chi connectivity index (χ4v) is 1.62. The van der Waals surface area contributed by atoms with Gasteiger partial charge in [0.15, 0.2) is 0 Å². The van der Waals surface area contributed by atoms with Crippen LogP contribution in [-0.2, 0) is 0 Å². The maximum Gasteiger partial charge on any atom is 0.146 e. The zero-order valence-electron chi connectivity index (χ0n) is 10.5. The Morgan fingerprint density at radius 2 is 1.94 bits per heavy atom. The monoisotopic (exact) mass is 230 g/mol. The van der Waals surface area contributed by atoms with Crippen molar-refractivity contribution >= 4 is 10.9 Å². The zero-order chi connectivity index (χ0) is 12.4. The van der Waals surface area contributed by atoms with Gasteiger partial charge in [-0.25, -0.2) is 4.98 Å². The van der Waals surface area contributed by atoms with Gasteiger partial charge in [-0.15, -0.1) is 0 Å².